The molecule has 1 nitrogen and oxygen atoms in total. The average Bonchev–Trinajstić information content (AvgIpc) is 2.49. The Bertz CT molecular complexity index is 553. The van der Waals surface area contributed by atoms with Gasteiger partial charge in [-0.25, -0.2) is 0 Å². The summed E-state index contributed by atoms with van der Waals surface area (Å²) >= 11 is 6.02. The fourth-order valence-electron chi connectivity index (χ4n) is 2.49. The van der Waals surface area contributed by atoms with E-state index in [1.54, 1.807) is 0 Å². The molecule has 112 valence electrons. The van der Waals surface area contributed by atoms with E-state index in [0.29, 0.717) is 5.92 Å². The smallest absolute Gasteiger partial charge is 0.0207 e. The lowest BCUT2D eigenvalue weighted by atomic mass is 9.92. The van der Waals surface area contributed by atoms with Gasteiger partial charge in [-0.2, -0.15) is 0 Å². The van der Waals surface area contributed by atoms with E-state index in [4.69, 9.17) is 0 Å². The molecule has 2 aromatic rings. The van der Waals surface area contributed by atoms with Crippen LogP contribution in [0.25, 0.3) is 0 Å². The number of hydrogen-bond donors (Lipinski definition) is 1. The molecule has 0 aromatic heterocycles. The van der Waals surface area contributed by atoms with Gasteiger partial charge in [0.15, 0.2) is 0 Å². The van der Waals surface area contributed by atoms with Crippen molar-refractivity contribution in [2.24, 2.45) is 5.92 Å². The molecule has 0 aliphatic heterocycles. The zero-order valence-electron chi connectivity index (χ0n) is 12.3. The number of nitrogens with one attached hydrogen (secondary N) is 1. The Labute approximate surface area is 149 Å². The van der Waals surface area contributed by atoms with Crippen molar-refractivity contribution in [1.82, 2.24) is 5.32 Å². The average molecular weight is 458 g/mol. The number of rotatable bonds is 7. The Kier molecular flexibility index (Phi) is 7.20. The maximum absolute atomic E-state index is 3.67. The largest absolute Gasteiger partial charge is 0.317 e. The van der Waals surface area contributed by atoms with Crippen LogP contribution in [0.3, 0.4) is 0 Å². The molecule has 2 rings (SSSR count). The van der Waals surface area contributed by atoms with Crippen LogP contribution in [0.15, 0.2) is 53.0 Å². The zero-order valence-corrected chi connectivity index (χ0v) is 16.0. The molecular formula is C18H21BrIN. The third-order valence-electron chi connectivity index (χ3n) is 3.59. The summed E-state index contributed by atoms with van der Waals surface area (Å²) in [6.45, 7) is 4.25. The Hall–Kier alpha value is -0.390. The molecule has 0 spiro atoms. The molecular weight excluding hydrogens is 437 g/mol. The number of halogens is 2. The standard InChI is InChI=1S/C18H21BrIN/c1-2-21-13-15(11-14-7-9-17(20)10-8-14)12-16-5-3-4-6-18(16)19/h3-10,15,21H,2,11-13H2,1H3. The molecule has 0 heterocycles. The minimum atomic E-state index is 0.615. The summed E-state index contributed by atoms with van der Waals surface area (Å²) in [5.41, 5.74) is 2.82. The summed E-state index contributed by atoms with van der Waals surface area (Å²) in [6, 6.07) is 17.4. The van der Waals surface area contributed by atoms with Gasteiger partial charge in [-0.1, -0.05) is 53.2 Å². The molecule has 0 radical (unpaired) electrons. The van der Waals surface area contributed by atoms with Crippen molar-refractivity contribution in [3.63, 3.8) is 0 Å². The molecule has 0 aliphatic rings. The molecule has 0 amide bonds. The summed E-state index contributed by atoms with van der Waals surface area (Å²) in [4.78, 5) is 0. The van der Waals surface area contributed by atoms with E-state index < -0.39 is 0 Å². The molecule has 1 atom stereocenters. The number of benzene rings is 2. The van der Waals surface area contributed by atoms with Crippen LogP contribution in [0.2, 0.25) is 0 Å². The second-order valence-corrected chi connectivity index (χ2v) is 7.40. The minimum absolute atomic E-state index is 0.615. The van der Waals surface area contributed by atoms with E-state index in [2.05, 4.69) is 99.3 Å². The van der Waals surface area contributed by atoms with Crippen molar-refractivity contribution in [3.05, 3.63) is 67.7 Å². The predicted molar refractivity (Wildman–Crippen MR) is 103 cm³/mol. The first-order valence-electron chi connectivity index (χ1n) is 7.37. The van der Waals surface area contributed by atoms with E-state index in [9.17, 15) is 0 Å². The molecule has 1 unspecified atom stereocenters. The summed E-state index contributed by atoms with van der Waals surface area (Å²) < 4.78 is 2.51. The van der Waals surface area contributed by atoms with Gasteiger partial charge in [-0.15, -0.1) is 0 Å². The molecule has 3 heteroatoms. The summed E-state index contributed by atoms with van der Waals surface area (Å²) in [6.07, 6.45) is 2.21. The monoisotopic (exact) mass is 457 g/mol. The Morgan fingerprint density at radius 2 is 1.76 bits per heavy atom. The first kappa shape index (κ1) is 17.0. The molecule has 0 aliphatic carbocycles. The zero-order chi connectivity index (χ0) is 15.1. The van der Waals surface area contributed by atoms with Crippen LogP contribution in [-0.4, -0.2) is 13.1 Å². The molecule has 0 bridgehead atoms. The third kappa shape index (κ3) is 5.72. The van der Waals surface area contributed by atoms with Crippen LogP contribution in [0.1, 0.15) is 18.1 Å². The normalized spacial score (nSPS) is 12.3. The second-order valence-electron chi connectivity index (χ2n) is 5.30. The summed E-state index contributed by atoms with van der Waals surface area (Å²) in [7, 11) is 0. The van der Waals surface area contributed by atoms with Crippen LogP contribution in [0.5, 0.6) is 0 Å². The molecule has 0 saturated heterocycles. The van der Waals surface area contributed by atoms with Crippen LogP contribution in [-0.2, 0) is 12.8 Å². The Balaban J connectivity index is 2.07. The predicted octanol–water partition coefficient (Wildman–Crippen LogP) is 5.06. The van der Waals surface area contributed by atoms with Gasteiger partial charge in [0.1, 0.15) is 0 Å². The van der Waals surface area contributed by atoms with Crippen LogP contribution >= 0.6 is 38.5 Å². The molecule has 0 saturated carbocycles. The van der Waals surface area contributed by atoms with Gasteiger partial charge in [-0.3, -0.25) is 0 Å². The van der Waals surface area contributed by atoms with Crippen LogP contribution < -0.4 is 5.32 Å². The quantitative estimate of drug-likeness (QED) is 0.572. The van der Waals surface area contributed by atoms with Crippen LogP contribution in [0.4, 0.5) is 0 Å². The molecule has 0 fully saturated rings. The van der Waals surface area contributed by atoms with Crippen molar-refractivity contribution < 1.29 is 0 Å². The van der Waals surface area contributed by atoms with Crippen molar-refractivity contribution in [2.75, 3.05) is 13.1 Å². The topological polar surface area (TPSA) is 12.0 Å². The lowest BCUT2D eigenvalue weighted by Gasteiger charge is -2.18. The van der Waals surface area contributed by atoms with Gasteiger partial charge >= 0.3 is 0 Å². The van der Waals surface area contributed by atoms with Gasteiger partial charge in [0.05, 0.1) is 0 Å². The number of hydrogen-bond acceptors (Lipinski definition) is 1. The van der Waals surface area contributed by atoms with E-state index in [-0.39, 0.29) is 0 Å². The highest BCUT2D eigenvalue weighted by molar-refractivity contribution is 14.1. The van der Waals surface area contributed by atoms with E-state index >= 15 is 0 Å². The fraction of sp³-hybridized carbons (Fsp3) is 0.333. The van der Waals surface area contributed by atoms with Crippen molar-refractivity contribution in [2.45, 2.75) is 19.8 Å². The maximum atomic E-state index is 3.67. The fourth-order valence-corrected chi connectivity index (χ4v) is 3.30. The van der Waals surface area contributed by atoms with E-state index in [1.807, 2.05) is 0 Å². The highest BCUT2D eigenvalue weighted by atomic mass is 127. The SMILES string of the molecule is CCNCC(Cc1ccc(I)cc1)Cc1ccccc1Br. The maximum Gasteiger partial charge on any atom is 0.0207 e. The van der Waals surface area contributed by atoms with Crippen molar-refractivity contribution in [1.29, 1.82) is 0 Å². The Morgan fingerprint density at radius 3 is 2.43 bits per heavy atom. The lowest BCUT2D eigenvalue weighted by molar-refractivity contribution is 0.477. The van der Waals surface area contributed by atoms with Gasteiger partial charge in [0, 0.05) is 8.04 Å². The summed E-state index contributed by atoms with van der Waals surface area (Å²) in [5, 5.41) is 3.50. The molecule has 21 heavy (non-hydrogen) atoms. The first-order valence-corrected chi connectivity index (χ1v) is 9.24. The highest BCUT2D eigenvalue weighted by Gasteiger charge is 2.12. The van der Waals surface area contributed by atoms with Crippen molar-refractivity contribution >= 4 is 38.5 Å². The van der Waals surface area contributed by atoms with Crippen molar-refractivity contribution in [3.8, 4) is 0 Å². The second kappa shape index (κ2) is 8.91. The van der Waals surface area contributed by atoms with Gasteiger partial charge < -0.3 is 5.32 Å². The molecule has 2 aromatic carbocycles. The van der Waals surface area contributed by atoms with E-state index in [0.717, 1.165) is 25.9 Å². The summed E-state index contributed by atoms with van der Waals surface area (Å²) in [5.74, 6) is 0.615. The van der Waals surface area contributed by atoms with Gasteiger partial charge in [0.2, 0.25) is 0 Å². The third-order valence-corrected chi connectivity index (χ3v) is 5.08. The van der Waals surface area contributed by atoms with Gasteiger partial charge in [-0.05, 0) is 83.8 Å². The molecule has 1 N–H and O–H groups in total. The van der Waals surface area contributed by atoms with E-state index in [1.165, 1.54) is 19.2 Å². The highest BCUT2D eigenvalue weighted by Crippen LogP contribution is 2.21. The minimum Gasteiger partial charge on any atom is -0.317 e. The van der Waals surface area contributed by atoms with Gasteiger partial charge in [0.25, 0.3) is 0 Å². The lowest BCUT2D eigenvalue weighted by Crippen LogP contribution is -2.25. The first-order chi connectivity index (χ1) is 10.2. The van der Waals surface area contributed by atoms with Crippen LogP contribution in [0, 0.1) is 9.49 Å². The Morgan fingerprint density at radius 1 is 1.05 bits per heavy atom.